The van der Waals surface area contributed by atoms with E-state index in [-0.39, 0.29) is 5.92 Å². The van der Waals surface area contributed by atoms with Crippen LogP contribution in [-0.2, 0) is 0 Å². The zero-order valence-corrected chi connectivity index (χ0v) is 16.9. The second-order valence-corrected chi connectivity index (χ2v) is 8.99. The summed E-state index contributed by atoms with van der Waals surface area (Å²) >= 11 is 0. The van der Waals surface area contributed by atoms with Crippen molar-refractivity contribution in [2.24, 2.45) is 0 Å². The fourth-order valence-electron chi connectivity index (χ4n) is 5.18. The number of nitrogens with zero attached hydrogens (tertiary/aromatic N) is 2. The highest BCUT2D eigenvalue weighted by Crippen LogP contribution is 2.41. The Hall–Kier alpha value is -1.42. The summed E-state index contributed by atoms with van der Waals surface area (Å²) in [6.45, 7) is 3.23. The van der Waals surface area contributed by atoms with Gasteiger partial charge >= 0.3 is 0 Å². The van der Waals surface area contributed by atoms with Gasteiger partial charge in [0.25, 0.3) is 0 Å². The Morgan fingerprint density at radius 2 is 1.81 bits per heavy atom. The van der Waals surface area contributed by atoms with Crippen molar-refractivity contribution in [1.82, 2.24) is 9.80 Å². The Morgan fingerprint density at radius 1 is 1.07 bits per heavy atom. The number of hydrogen-bond donors (Lipinski definition) is 1. The van der Waals surface area contributed by atoms with E-state index < -0.39 is 5.60 Å². The number of aliphatic hydroxyl groups is 1. The molecule has 1 saturated heterocycles. The van der Waals surface area contributed by atoms with Crippen LogP contribution in [0.25, 0.3) is 10.8 Å². The lowest BCUT2D eigenvalue weighted by Crippen LogP contribution is -2.44. The second kappa shape index (κ2) is 7.90. The van der Waals surface area contributed by atoms with Gasteiger partial charge in [0, 0.05) is 25.0 Å². The minimum atomic E-state index is -0.559. The van der Waals surface area contributed by atoms with Crippen molar-refractivity contribution in [2.45, 2.75) is 56.1 Å². The molecule has 2 fully saturated rings. The lowest BCUT2D eigenvalue weighted by atomic mass is 9.72. The molecule has 2 atom stereocenters. The van der Waals surface area contributed by atoms with Crippen LogP contribution >= 0.6 is 0 Å². The van der Waals surface area contributed by atoms with E-state index >= 15 is 0 Å². The number of likely N-dealkylation sites (N-methyl/N-ethyl adjacent to an activating group) is 1. The molecule has 3 nitrogen and oxygen atoms in total. The highest BCUT2D eigenvalue weighted by Gasteiger charge is 2.40. The highest BCUT2D eigenvalue weighted by atomic mass is 16.3. The molecule has 0 radical (unpaired) electrons. The molecule has 0 amide bonds. The third kappa shape index (κ3) is 4.06. The van der Waals surface area contributed by atoms with E-state index in [9.17, 15) is 5.11 Å². The van der Waals surface area contributed by atoms with E-state index in [2.05, 4.69) is 66.4 Å². The fraction of sp³-hybridized carbons (Fsp3) is 0.583. The molecule has 2 unspecified atom stereocenters. The SMILES string of the molecule is CN(C)C1CCN(CC(c2ccc3ccccc3c2)C2(O)CCCCC2)C1. The number of fused-ring (bicyclic) bond motifs is 1. The van der Waals surface area contributed by atoms with Gasteiger partial charge in [-0.25, -0.2) is 0 Å². The molecule has 1 N–H and O–H groups in total. The van der Waals surface area contributed by atoms with E-state index in [1.807, 2.05) is 0 Å². The predicted octanol–water partition coefficient (Wildman–Crippen LogP) is 4.25. The topological polar surface area (TPSA) is 26.7 Å². The van der Waals surface area contributed by atoms with Crippen molar-refractivity contribution in [3.8, 4) is 0 Å². The third-order valence-corrected chi connectivity index (χ3v) is 6.96. The van der Waals surface area contributed by atoms with Crippen LogP contribution in [-0.4, -0.2) is 60.3 Å². The maximum Gasteiger partial charge on any atom is 0.0728 e. The minimum Gasteiger partial charge on any atom is -0.389 e. The molecule has 1 aliphatic heterocycles. The Balaban J connectivity index is 1.63. The van der Waals surface area contributed by atoms with Crippen LogP contribution in [0.15, 0.2) is 42.5 Å². The lowest BCUT2D eigenvalue weighted by molar-refractivity contribution is -0.0296. The first-order valence-corrected chi connectivity index (χ1v) is 10.6. The first-order valence-electron chi connectivity index (χ1n) is 10.6. The normalized spacial score (nSPS) is 24.5. The monoisotopic (exact) mass is 366 g/mol. The fourth-order valence-corrected chi connectivity index (χ4v) is 5.18. The molecule has 1 aliphatic carbocycles. The van der Waals surface area contributed by atoms with Gasteiger partial charge in [0.1, 0.15) is 0 Å². The van der Waals surface area contributed by atoms with Crippen LogP contribution in [0, 0.1) is 0 Å². The molecular formula is C24H34N2O. The number of rotatable bonds is 5. The molecular weight excluding hydrogens is 332 g/mol. The van der Waals surface area contributed by atoms with Gasteiger partial charge in [0.2, 0.25) is 0 Å². The summed E-state index contributed by atoms with van der Waals surface area (Å²) in [5.41, 5.74) is 0.753. The van der Waals surface area contributed by atoms with E-state index in [4.69, 9.17) is 0 Å². The molecule has 2 aromatic carbocycles. The van der Waals surface area contributed by atoms with Crippen LogP contribution in [0.3, 0.4) is 0 Å². The summed E-state index contributed by atoms with van der Waals surface area (Å²) in [4.78, 5) is 4.93. The Bertz CT molecular complexity index is 766. The number of likely N-dealkylation sites (tertiary alicyclic amines) is 1. The van der Waals surface area contributed by atoms with Crippen molar-refractivity contribution < 1.29 is 5.11 Å². The predicted molar refractivity (Wildman–Crippen MR) is 113 cm³/mol. The molecule has 0 aromatic heterocycles. The summed E-state index contributed by atoms with van der Waals surface area (Å²) < 4.78 is 0. The van der Waals surface area contributed by atoms with Gasteiger partial charge < -0.3 is 14.9 Å². The summed E-state index contributed by atoms with van der Waals surface area (Å²) in [6, 6.07) is 16.0. The molecule has 2 aromatic rings. The Kier molecular flexibility index (Phi) is 5.54. The maximum absolute atomic E-state index is 11.7. The molecule has 3 heteroatoms. The standard InChI is InChI=1S/C24H34N2O/c1-25(2)22-12-15-26(17-22)18-23(24(27)13-6-3-7-14-24)21-11-10-19-8-4-5-9-20(19)16-21/h4-5,8-11,16,22-23,27H,3,6-7,12-15,17-18H2,1-2H3. The Morgan fingerprint density at radius 3 is 2.52 bits per heavy atom. The van der Waals surface area contributed by atoms with Crippen LogP contribution in [0.1, 0.15) is 50.0 Å². The first-order chi connectivity index (χ1) is 13.0. The van der Waals surface area contributed by atoms with Crippen LogP contribution < -0.4 is 0 Å². The lowest BCUT2D eigenvalue weighted by Gasteiger charge is -2.41. The zero-order valence-electron chi connectivity index (χ0n) is 16.9. The maximum atomic E-state index is 11.7. The molecule has 0 bridgehead atoms. The van der Waals surface area contributed by atoms with E-state index in [1.165, 1.54) is 29.2 Å². The van der Waals surface area contributed by atoms with Gasteiger partial charge in [-0.1, -0.05) is 61.7 Å². The van der Waals surface area contributed by atoms with Gasteiger partial charge in [-0.05, 0) is 56.2 Å². The summed E-state index contributed by atoms with van der Waals surface area (Å²) in [5.74, 6) is 0.198. The molecule has 2 aliphatic rings. The van der Waals surface area contributed by atoms with Crippen molar-refractivity contribution >= 4 is 10.8 Å². The summed E-state index contributed by atoms with van der Waals surface area (Å²) in [6.07, 6.45) is 6.68. The average Bonchev–Trinajstić information content (AvgIpc) is 3.15. The van der Waals surface area contributed by atoms with Crippen LogP contribution in [0.5, 0.6) is 0 Å². The van der Waals surface area contributed by atoms with Gasteiger partial charge in [-0.3, -0.25) is 0 Å². The summed E-state index contributed by atoms with van der Waals surface area (Å²) in [5, 5.41) is 14.2. The molecule has 146 valence electrons. The van der Waals surface area contributed by atoms with Gasteiger partial charge in [-0.15, -0.1) is 0 Å². The molecule has 4 rings (SSSR count). The van der Waals surface area contributed by atoms with Gasteiger partial charge in [-0.2, -0.15) is 0 Å². The van der Waals surface area contributed by atoms with Crippen LogP contribution in [0.2, 0.25) is 0 Å². The summed E-state index contributed by atoms with van der Waals surface area (Å²) in [7, 11) is 4.37. The van der Waals surface area contributed by atoms with Crippen molar-refractivity contribution in [3.63, 3.8) is 0 Å². The Labute approximate surface area is 164 Å². The van der Waals surface area contributed by atoms with E-state index in [0.717, 1.165) is 45.3 Å². The van der Waals surface area contributed by atoms with Crippen molar-refractivity contribution in [2.75, 3.05) is 33.7 Å². The van der Waals surface area contributed by atoms with Crippen LogP contribution in [0.4, 0.5) is 0 Å². The van der Waals surface area contributed by atoms with E-state index in [1.54, 1.807) is 0 Å². The minimum absolute atomic E-state index is 0.198. The smallest absolute Gasteiger partial charge is 0.0728 e. The van der Waals surface area contributed by atoms with Gasteiger partial charge in [0.15, 0.2) is 0 Å². The average molecular weight is 367 g/mol. The molecule has 27 heavy (non-hydrogen) atoms. The number of hydrogen-bond acceptors (Lipinski definition) is 3. The largest absolute Gasteiger partial charge is 0.389 e. The van der Waals surface area contributed by atoms with Crippen molar-refractivity contribution in [3.05, 3.63) is 48.0 Å². The second-order valence-electron chi connectivity index (χ2n) is 8.99. The molecule has 1 heterocycles. The highest BCUT2D eigenvalue weighted by molar-refractivity contribution is 5.83. The quantitative estimate of drug-likeness (QED) is 0.857. The van der Waals surface area contributed by atoms with Gasteiger partial charge in [0.05, 0.1) is 5.60 Å². The molecule has 1 saturated carbocycles. The zero-order chi connectivity index (χ0) is 18.9. The molecule has 0 spiro atoms. The third-order valence-electron chi connectivity index (χ3n) is 6.96. The van der Waals surface area contributed by atoms with Crippen molar-refractivity contribution in [1.29, 1.82) is 0 Å². The first kappa shape index (κ1) is 18.9. The number of benzene rings is 2. The van der Waals surface area contributed by atoms with E-state index in [0.29, 0.717) is 6.04 Å².